The minimum atomic E-state index is -0.300. The third-order valence-corrected chi connectivity index (χ3v) is 4.36. The van der Waals surface area contributed by atoms with E-state index >= 15 is 0 Å². The van der Waals surface area contributed by atoms with E-state index < -0.39 is 0 Å². The fraction of sp³-hybridized carbons (Fsp3) is 0.333. The Labute approximate surface area is 126 Å². The summed E-state index contributed by atoms with van der Waals surface area (Å²) in [4.78, 5) is 9.00. The Morgan fingerprint density at radius 1 is 1.38 bits per heavy atom. The zero-order chi connectivity index (χ0) is 15.0. The fourth-order valence-electron chi connectivity index (χ4n) is 2.36. The summed E-state index contributed by atoms with van der Waals surface area (Å²) in [7, 11) is 0. The average Bonchev–Trinajstić information content (AvgIpc) is 3.05. The fourth-order valence-corrected chi connectivity index (χ4v) is 3.11. The van der Waals surface area contributed by atoms with E-state index in [-0.39, 0.29) is 11.9 Å². The largest absolute Gasteiger partial charge is 0.323 e. The zero-order valence-electron chi connectivity index (χ0n) is 12.0. The number of hydrogen-bond acceptors (Lipinski definition) is 4. The first-order valence-electron chi connectivity index (χ1n) is 6.98. The molecule has 0 bridgehead atoms. The van der Waals surface area contributed by atoms with Crippen molar-refractivity contribution in [2.75, 3.05) is 0 Å². The number of halogens is 1. The molecule has 6 heteroatoms. The van der Waals surface area contributed by atoms with E-state index in [1.54, 1.807) is 6.07 Å². The van der Waals surface area contributed by atoms with Crippen LogP contribution in [0.5, 0.6) is 0 Å². The van der Waals surface area contributed by atoms with Crippen LogP contribution in [0.1, 0.15) is 31.3 Å². The molecule has 2 aromatic heterocycles. The summed E-state index contributed by atoms with van der Waals surface area (Å²) in [5.41, 5.74) is 7.83. The van der Waals surface area contributed by atoms with Crippen LogP contribution in [0.25, 0.3) is 22.6 Å². The number of aromatic nitrogens is 3. The van der Waals surface area contributed by atoms with Crippen molar-refractivity contribution in [3.63, 3.8) is 0 Å². The standard InChI is InChI=1S/C15H17FN4S/c1-3-7-20-12-6-4-5-10(16)13(12)19-14(20)11-8-21-15(18-11)9(2)17/h4-6,8-9H,3,7,17H2,1-2H3. The van der Waals surface area contributed by atoms with Crippen LogP contribution in [0, 0.1) is 5.82 Å². The molecule has 4 nitrogen and oxygen atoms in total. The number of para-hydroxylation sites is 1. The summed E-state index contributed by atoms with van der Waals surface area (Å²) in [5.74, 6) is 0.409. The van der Waals surface area contributed by atoms with Crippen molar-refractivity contribution in [3.8, 4) is 11.5 Å². The summed E-state index contributed by atoms with van der Waals surface area (Å²) in [6.07, 6.45) is 0.944. The number of hydrogen-bond donors (Lipinski definition) is 1. The van der Waals surface area contributed by atoms with Crippen LogP contribution in [0.15, 0.2) is 23.6 Å². The molecule has 0 saturated carbocycles. The van der Waals surface area contributed by atoms with Gasteiger partial charge in [-0.1, -0.05) is 13.0 Å². The van der Waals surface area contributed by atoms with Crippen LogP contribution in [-0.2, 0) is 6.54 Å². The Morgan fingerprint density at radius 2 is 2.19 bits per heavy atom. The number of aryl methyl sites for hydroxylation is 1. The Morgan fingerprint density at radius 3 is 2.86 bits per heavy atom. The SMILES string of the molecule is CCCn1c(-c2csc(C(C)N)n2)nc2c(F)cccc21. The van der Waals surface area contributed by atoms with Gasteiger partial charge < -0.3 is 10.3 Å². The highest BCUT2D eigenvalue weighted by atomic mass is 32.1. The lowest BCUT2D eigenvalue weighted by Gasteiger charge is -2.05. The van der Waals surface area contributed by atoms with Gasteiger partial charge in [-0.15, -0.1) is 11.3 Å². The molecule has 1 aromatic carbocycles. The molecule has 0 amide bonds. The van der Waals surface area contributed by atoms with Gasteiger partial charge in [-0.2, -0.15) is 0 Å². The van der Waals surface area contributed by atoms with Crippen LogP contribution < -0.4 is 5.73 Å². The summed E-state index contributed by atoms with van der Waals surface area (Å²) >= 11 is 1.51. The third kappa shape index (κ3) is 2.45. The number of thiazole rings is 1. The smallest absolute Gasteiger partial charge is 0.160 e. The van der Waals surface area contributed by atoms with E-state index in [0.29, 0.717) is 11.3 Å². The highest BCUT2D eigenvalue weighted by molar-refractivity contribution is 7.10. The molecule has 2 N–H and O–H groups in total. The van der Waals surface area contributed by atoms with Gasteiger partial charge in [-0.05, 0) is 25.5 Å². The van der Waals surface area contributed by atoms with Crippen LogP contribution in [0.3, 0.4) is 0 Å². The Bertz CT molecular complexity index is 775. The van der Waals surface area contributed by atoms with Gasteiger partial charge in [0.1, 0.15) is 16.2 Å². The third-order valence-electron chi connectivity index (χ3n) is 3.32. The second-order valence-electron chi connectivity index (χ2n) is 5.05. The highest BCUT2D eigenvalue weighted by Crippen LogP contribution is 2.28. The second-order valence-corrected chi connectivity index (χ2v) is 5.94. The van der Waals surface area contributed by atoms with Crippen molar-refractivity contribution >= 4 is 22.4 Å². The second kappa shape index (κ2) is 5.54. The minimum Gasteiger partial charge on any atom is -0.323 e. The molecule has 21 heavy (non-hydrogen) atoms. The number of fused-ring (bicyclic) bond motifs is 1. The Balaban J connectivity index is 2.20. The lowest BCUT2D eigenvalue weighted by Crippen LogP contribution is -2.04. The summed E-state index contributed by atoms with van der Waals surface area (Å²) in [6, 6.07) is 4.93. The lowest BCUT2D eigenvalue weighted by atomic mass is 10.3. The molecule has 0 radical (unpaired) electrons. The van der Waals surface area contributed by atoms with Crippen LogP contribution in [-0.4, -0.2) is 14.5 Å². The maximum atomic E-state index is 14.0. The summed E-state index contributed by atoms with van der Waals surface area (Å²) in [5, 5.41) is 2.80. The van der Waals surface area contributed by atoms with Crippen molar-refractivity contribution in [2.45, 2.75) is 32.9 Å². The molecule has 1 unspecified atom stereocenters. The van der Waals surface area contributed by atoms with Gasteiger partial charge in [0.25, 0.3) is 0 Å². The van der Waals surface area contributed by atoms with Crippen molar-refractivity contribution in [1.82, 2.24) is 14.5 Å². The van der Waals surface area contributed by atoms with Crippen molar-refractivity contribution in [2.24, 2.45) is 5.73 Å². The molecule has 0 aliphatic rings. The molecular weight excluding hydrogens is 287 g/mol. The monoisotopic (exact) mass is 304 g/mol. The van der Waals surface area contributed by atoms with Gasteiger partial charge in [0, 0.05) is 11.9 Å². The summed E-state index contributed by atoms with van der Waals surface area (Å²) in [6.45, 7) is 4.76. The van der Waals surface area contributed by atoms with Gasteiger partial charge in [0.15, 0.2) is 11.6 Å². The van der Waals surface area contributed by atoms with E-state index in [4.69, 9.17) is 5.73 Å². The minimum absolute atomic E-state index is 0.107. The molecule has 3 aromatic rings. The van der Waals surface area contributed by atoms with E-state index in [0.717, 1.165) is 29.2 Å². The van der Waals surface area contributed by atoms with Crippen molar-refractivity contribution < 1.29 is 4.39 Å². The van der Waals surface area contributed by atoms with E-state index in [2.05, 4.69) is 16.9 Å². The molecule has 0 spiro atoms. The average molecular weight is 304 g/mol. The van der Waals surface area contributed by atoms with Gasteiger partial charge in [0.2, 0.25) is 0 Å². The predicted octanol–water partition coefficient (Wildman–Crippen LogP) is 3.73. The van der Waals surface area contributed by atoms with E-state index in [1.165, 1.54) is 17.4 Å². The number of rotatable bonds is 4. The molecule has 0 saturated heterocycles. The molecule has 110 valence electrons. The van der Waals surface area contributed by atoms with Gasteiger partial charge in [0.05, 0.1) is 11.6 Å². The molecule has 0 aliphatic heterocycles. The molecule has 0 aliphatic carbocycles. The van der Waals surface area contributed by atoms with Gasteiger partial charge >= 0.3 is 0 Å². The van der Waals surface area contributed by atoms with E-state index in [1.807, 2.05) is 22.9 Å². The van der Waals surface area contributed by atoms with Crippen LogP contribution in [0.2, 0.25) is 0 Å². The van der Waals surface area contributed by atoms with E-state index in [9.17, 15) is 4.39 Å². The number of imidazole rings is 1. The first-order chi connectivity index (χ1) is 10.1. The number of nitrogens with two attached hydrogens (primary N) is 1. The number of benzene rings is 1. The van der Waals surface area contributed by atoms with Gasteiger partial charge in [-0.3, -0.25) is 0 Å². The maximum Gasteiger partial charge on any atom is 0.160 e. The topological polar surface area (TPSA) is 56.7 Å². The zero-order valence-corrected chi connectivity index (χ0v) is 12.8. The quantitative estimate of drug-likeness (QED) is 0.799. The summed E-state index contributed by atoms with van der Waals surface area (Å²) < 4.78 is 16.0. The van der Waals surface area contributed by atoms with Crippen LogP contribution in [0.4, 0.5) is 4.39 Å². The van der Waals surface area contributed by atoms with Crippen molar-refractivity contribution in [1.29, 1.82) is 0 Å². The first kappa shape index (κ1) is 14.2. The first-order valence-corrected chi connectivity index (χ1v) is 7.86. The maximum absolute atomic E-state index is 14.0. The van der Waals surface area contributed by atoms with Crippen molar-refractivity contribution in [3.05, 3.63) is 34.4 Å². The Kier molecular flexibility index (Phi) is 3.73. The normalized spacial score (nSPS) is 13.0. The lowest BCUT2D eigenvalue weighted by molar-refractivity contribution is 0.637. The molecular formula is C15H17FN4S. The molecule has 3 rings (SSSR count). The van der Waals surface area contributed by atoms with Crippen LogP contribution >= 0.6 is 11.3 Å². The molecule has 0 fully saturated rings. The number of nitrogens with zero attached hydrogens (tertiary/aromatic N) is 3. The van der Waals surface area contributed by atoms with Gasteiger partial charge in [-0.25, -0.2) is 14.4 Å². The highest BCUT2D eigenvalue weighted by Gasteiger charge is 2.17. The Hall–Kier alpha value is -1.79. The molecule has 2 heterocycles. The molecule has 1 atom stereocenters. The predicted molar refractivity (Wildman–Crippen MR) is 83.7 cm³/mol.